The van der Waals surface area contributed by atoms with Gasteiger partial charge in [0.25, 0.3) is 5.90 Å². The van der Waals surface area contributed by atoms with E-state index in [0.717, 1.165) is 10.0 Å². The number of rotatable bonds is 3. The summed E-state index contributed by atoms with van der Waals surface area (Å²) in [5.41, 5.74) is 0.918. The second-order valence-electron chi connectivity index (χ2n) is 4.20. The van der Waals surface area contributed by atoms with Gasteiger partial charge >= 0.3 is 5.97 Å². The number of cyclic esters (lactones) is 1. The van der Waals surface area contributed by atoms with Crippen molar-refractivity contribution >= 4 is 33.9 Å². The Bertz CT molecular complexity index is 747. The van der Waals surface area contributed by atoms with Crippen molar-refractivity contribution in [1.82, 2.24) is 0 Å². The van der Waals surface area contributed by atoms with Crippen molar-refractivity contribution in [2.75, 3.05) is 7.11 Å². The number of ether oxygens (including phenoxy) is 2. The smallest absolute Gasteiger partial charge is 0.363 e. The molecule has 0 aliphatic carbocycles. The van der Waals surface area contributed by atoms with Crippen molar-refractivity contribution in [1.29, 1.82) is 0 Å². The van der Waals surface area contributed by atoms with Crippen molar-refractivity contribution in [3.63, 3.8) is 0 Å². The van der Waals surface area contributed by atoms with E-state index in [9.17, 15) is 4.79 Å². The predicted molar refractivity (Wildman–Crippen MR) is 80.0 cm³/mol. The van der Waals surface area contributed by atoms with E-state index in [0.29, 0.717) is 11.5 Å². The van der Waals surface area contributed by atoms with Crippen LogP contribution in [0.2, 0.25) is 0 Å². The molecular formula is C15H10BrNO4. The minimum Gasteiger partial charge on any atom is -0.496 e. The van der Waals surface area contributed by atoms with Crippen molar-refractivity contribution in [2.45, 2.75) is 0 Å². The first-order valence-electron chi connectivity index (χ1n) is 6.07. The van der Waals surface area contributed by atoms with Crippen LogP contribution in [0, 0.1) is 0 Å². The molecule has 0 saturated heterocycles. The van der Waals surface area contributed by atoms with E-state index in [4.69, 9.17) is 13.9 Å². The van der Waals surface area contributed by atoms with Crippen LogP contribution in [0.25, 0.3) is 6.08 Å². The molecule has 2 heterocycles. The summed E-state index contributed by atoms with van der Waals surface area (Å²) in [6.45, 7) is 0. The SMILES string of the molecule is COc1ccc(Br)cc1/C=C1\N=C(c2ccco2)OC1=O. The van der Waals surface area contributed by atoms with E-state index in [-0.39, 0.29) is 11.6 Å². The molecule has 1 aromatic heterocycles. The zero-order valence-corrected chi connectivity index (χ0v) is 12.6. The van der Waals surface area contributed by atoms with Gasteiger partial charge in [-0.05, 0) is 36.4 Å². The lowest BCUT2D eigenvalue weighted by Crippen LogP contribution is -2.04. The van der Waals surface area contributed by atoms with E-state index < -0.39 is 5.97 Å². The fraction of sp³-hybridized carbons (Fsp3) is 0.0667. The zero-order valence-electron chi connectivity index (χ0n) is 11.0. The van der Waals surface area contributed by atoms with Crippen LogP contribution in [0.1, 0.15) is 11.3 Å². The average molecular weight is 348 g/mol. The Hall–Kier alpha value is -2.34. The van der Waals surface area contributed by atoms with Gasteiger partial charge < -0.3 is 13.9 Å². The van der Waals surface area contributed by atoms with Gasteiger partial charge in [0.1, 0.15) is 5.75 Å². The minimum atomic E-state index is -0.525. The molecule has 0 spiro atoms. The summed E-state index contributed by atoms with van der Waals surface area (Å²) in [5.74, 6) is 0.682. The quantitative estimate of drug-likeness (QED) is 0.630. The van der Waals surface area contributed by atoms with Gasteiger partial charge in [-0.15, -0.1) is 0 Å². The van der Waals surface area contributed by atoms with Gasteiger partial charge in [-0.3, -0.25) is 0 Å². The third-order valence-corrected chi connectivity index (χ3v) is 3.33. The Balaban J connectivity index is 2.00. The van der Waals surface area contributed by atoms with Gasteiger partial charge in [0.15, 0.2) is 11.5 Å². The first-order chi connectivity index (χ1) is 10.2. The Morgan fingerprint density at radius 2 is 2.19 bits per heavy atom. The third kappa shape index (κ3) is 2.75. The van der Waals surface area contributed by atoms with Gasteiger partial charge in [-0.1, -0.05) is 15.9 Å². The van der Waals surface area contributed by atoms with Crippen LogP contribution >= 0.6 is 15.9 Å². The maximum atomic E-state index is 11.9. The van der Waals surface area contributed by atoms with E-state index >= 15 is 0 Å². The summed E-state index contributed by atoms with van der Waals surface area (Å²) in [6, 6.07) is 8.86. The number of halogens is 1. The molecule has 1 aliphatic rings. The Labute approximate surface area is 129 Å². The lowest BCUT2D eigenvalue weighted by Gasteiger charge is -2.04. The van der Waals surface area contributed by atoms with Crippen LogP contribution in [0.3, 0.4) is 0 Å². The lowest BCUT2D eigenvalue weighted by atomic mass is 10.1. The molecule has 0 N–H and O–H groups in total. The summed E-state index contributed by atoms with van der Waals surface area (Å²) < 4.78 is 16.4. The number of methoxy groups -OCH3 is 1. The van der Waals surface area contributed by atoms with Crippen molar-refractivity contribution < 1.29 is 18.7 Å². The van der Waals surface area contributed by atoms with E-state index in [1.807, 2.05) is 12.1 Å². The molecule has 0 bridgehead atoms. The van der Waals surface area contributed by atoms with E-state index in [2.05, 4.69) is 20.9 Å². The number of benzene rings is 1. The van der Waals surface area contributed by atoms with Crippen LogP contribution < -0.4 is 4.74 Å². The second kappa shape index (κ2) is 5.57. The summed E-state index contributed by atoms with van der Waals surface area (Å²) in [6.07, 6.45) is 3.10. The number of aliphatic imine (C=N–C) groups is 1. The highest BCUT2D eigenvalue weighted by Gasteiger charge is 2.26. The molecule has 0 atom stereocenters. The van der Waals surface area contributed by atoms with Crippen molar-refractivity contribution in [3.05, 3.63) is 58.1 Å². The van der Waals surface area contributed by atoms with Crippen LogP contribution in [0.5, 0.6) is 5.75 Å². The number of hydrogen-bond donors (Lipinski definition) is 0. The first-order valence-corrected chi connectivity index (χ1v) is 6.86. The highest BCUT2D eigenvalue weighted by molar-refractivity contribution is 9.10. The second-order valence-corrected chi connectivity index (χ2v) is 5.12. The fourth-order valence-corrected chi connectivity index (χ4v) is 2.26. The topological polar surface area (TPSA) is 61.0 Å². The predicted octanol–water partition coefficient (Wildman–Crippen LogP) is 3.40. The van der Waals surface area contributed by atoms with Crippen molar-refractivity contribution in [3.8, 4) is 5.75 Å². The molecule has 0 saturated carbocycles. The zero-order chi connectivity index (χ0) is 14.8. The molecule has 2 aromatic rings. The largest absolute Gasteiger partial charge is 0.496 e. The fourth-order valence-electron chi connectivity index (χ4n) is 1.88. The maximum Gasteiger partial charge on any atom is 0.363 e. The summed E-state index contributed by atoms with van der Waals surface area (Å²) in [5, 5.41) is 0. The molecular weight excluding hydrogens is 338 g/mol. The summed E-state index contributed by atoms with van der Waals surface area (Å²) >= 11 is 3.38. The number of hydrogen-bond acceptors (Lipinski definition) is 5. The summed E-state index contributed by atoms with van der Waals surface area (Å²) in [7, 11) is 1.57. The van der Waals surface area contributed by atoms with Crippen LogP contribution in [0.4, 0.5) is 0 Å². The highest BCUT2D eigenvalue weighted by Crippen LogP contribution is 2.27. The molecule has 0 radical (unpaired) electrons. The average Bonchev–Trinajstić information content (AvgIpc) is 3.10. The van der Waals surface area contributed by atoms with Crippen LogP contribution in [-0.4, -0.2) is 19.0 Å². The van der Waals surface area contributed by atoms with E-state index in [1.165, 1.54) is 6.26 Å². The van der Waals surface area contributed by atoms with E-state index in [1.54, 1.807) is 31.4 Å². The molecule has 1 aromatic carbocycles. The molecule has 0 amide bonds. The molecule has 1 aliphatic heterocycles. The minimum absolute atomic E-state index is 0.158. The first kappa shape index (κ1) is 13.6. The normalized spacial score (nSPS) is 16.0. The highest BCUT2D eigenvalue weighted by atomic mass is 79.9. The molecule has 106 valence electrons. The number of carbonyl (C=O) groups is 1. The third-order valence-electron chi connectivity index (χ3n) is 2.84. The van der Waals surface area contributed by atoms with Gasteiger partial charge in [-0.2, -0.15) is 0 Å². The van der Waals surface area contributed by atoms with Crippen LogP contribution in [-0.2, 0) is 9.53 Å². The monoisotopic (exact) mass is 347 g/mol. The van der Waals surface area contributed by atoms with Crippen LogP contribution in [0.15, 0.2) is 56.2 Å². The van der Waals surface area contributed by atoms with Gasteiger partial charge in [0.2, 0.25) is 0 Å². The standard InChI is InChI=1S/C15H10BrNO4/c1-19-12-5-4-10(16)7-9(12)8-11-15(18)21-14(17-11)13-3-2-6-20-13/h2-8H,1H3/b11-8-. The van der Waals surface area contributed by atoms with Gasteiger partial charge in [0.05, 0.1) is 13.4 Å². The lowest BCUT2D eigenvalue weighted by molar-refractivity contribution is -0.130. The summed E-state index contributed by atoms with van der Waals surface area (Å²) in [4.78, 5) is 16.0. The molecule has 3 rings (SSSR count). The number of esters is 1. The van der Waals surface area contributed by atoms with Crippen molar-refractivity contribution in [2.24, 2.45) is 4.99 Å². The Morgan fingerprint density at radius 3 is 2.90 bits per heavy atom. The van der Waals surface area contributed by atoms with Gasteiger partial charge in [0, 0.05) is 10.0 Å². The molecule has 0 unspecified atom stereocenters. The Morgan fingerprint density at radius 1 is 1.33 bits per heavy atom. The Kier molecular flexibility index (Phi) is 3.62. The number of carbonyl (C=O) groups excluding carboxylic acids is 1. The molecule has 5 nitrogen and oxygen atoms in total. The van der Waals surface area contributed by atoms with Gasteiger partial charge in [-0.25, -0.2) is 9.79 Å². The molecule has 0 fully saturated rings. The number of furan rings is 1. The number of nitrogens with zero attached hydrogens (tertiary/aromatic N) is 1. The molecule has 21 heavy (non-hydrogen) atoms. The molecule has 6 heteroatoms. The maximum absolute atomic E-state index is 11.9.